The first-order valence-corrected chi connectivity index (χ1v) is 9.31. The van der Waals surface area contributed by atoms with Gasteiger partial charge < -0.3 is 4.74 Å². The molecule has 1 fully saturated rings. The Morgan fingerprint density at radius 3 is 2.44 bits per heavy atom. The van der Waals surface area contributed by atoms with E-state index in [0.717, 1.165) is 36.5 Å². The van der Waals surface area contributed by atoms with Crippen molar-refractivity contribution in [2.24, 2.45) is 0 Å². The third kappa shape index (κ3) is 5.51. The first kappa shape index (κ1) is 20.8. The standard InChI is InChI=1S/C22H26N2O2.CH4/c1-3-26-22(25)21-8-6-7-20(23-21)19(13-16-24-14-4-5-15-24)18-11-9-17(2)10-12-18;/h6-13H,3-5,14-16H2,1-2H3;1H4/b19-13+;. The zero-order valence-electron chi connectivity index (χ0n) is 15.6. The number of esters is 1. The zero-order valence-corrected chi connectivity index (χ0v) is 15.6. The molecule has 0 spiro atoms. The first-order chi connectivity index (χ1) is 12.7. The third-order valence-corrected chi connectivity index (χ3v) is 4.62. The molecule has 1 aliphatic heterocycles. The van der Waals surface area contributed by atoms with Crippen molar-refractivity contribution in [1.29, 1.82) is 0 Å². The number of likely N-dealkylation sites (tertiary alicyclic amines) is 1. The number of carbonyl (C=O) groups excluding carboxylic acids is 1. The molecule has 0 aliphatic carbocycles. The molecule has 1 aliphatic rings. The number of benzene rings is 1. The second-order valence-corrected chi connectivity index (χ2v) is 6.62. The number of rotatable bonds is 6. The first-order valence-electron chi connectivity index (χ1n) is 9.31. The van der Waals surface area contributed by atoms with Crippen molar-refractivity contribution in [3.05, 3.63) is 71.1 Å². The average molecular weight is 367 g/mol. The van der Waals surface area contributed by atoms with Gasteiger partial charge in [-0.25, -0.2) is 9.78 Å². The third-order valence-electron chi connectivity index (χ3n) is 4.62. The molecule has 1 aromatic carbocycles. The number of pyridine rings is 1. The summed E-state index contributed by atoms with van der Waals surface area (Å²) < 4.78 is 5.10. The summed E-state index contributed by atoms with van der Waals surface area (Å²) in [4.78, 5) is 19.1. The van der Waals surface area contributed by atoms with Crippen molar-refractivity contribution in [2.45, 2.75) is 34.1 Å². The second kappa shape index (κ2) is 10.0. The van der Waals surface area contributed by atoms with Crippen LogP contribution in [0.15, 0.2) is 48.5 Å². The van der Waals surface area contributed by atoms with E-state index >= 15 is 0 Å². The molecule has 2 aromatic rings. The quantitative estimate of drug-likeness (QED) is 0.693. The Kier molecular flexibility index (Phi) is 7.74. The molecule has 1 aromatic heterocycles. The van der Waals surface area contributed by atoms with Gasteiger partial charge in [0.1, 0.15) is 5.69 Å². The number of ether oxygens (including phenoxy) is 1. The second-order valence-electron chi connectivity index (χ2n) is 6.62. The van der Waals surface area contributed by atoms with Crippen LogP contribution in [-0.2, 0) is 4.74 Å². The lowest BCUT2D eigenvalue weighted by atomic mass is 10.00. The van der Waals surface area contributed by atoms with E-state index < -0.39 is 0 Å². The van der Waals surface area contributed by atoms with Crippen molar-refractivity contribution in [3.63, 3.8) is 0 Å². The molecular weight excluding hydrogens is 336 g/mol. The van der Waals surface area contributed by atoms with E-state index in [1.54, 1.807) is 13.0 Å². The van der Waals surface area contributed by atoms with Crippen molar-refractivity contribution in [2.75, 3.05) is 26.2 Å². The fraction of sp³-hybridized carbons (Fsp3) is 0.391. The summed E-state index contributed by atoms with van der Waals surface area (Å²) in [5.74, 6) is -0.378. The van der Waals surface area contributed by atoms with Gasteiger partial charge in [-0.05, 0) is 57.5 Å². The molecule has 0 N–H and O–H groups in total. The summed E-state index contributed by atoms with van der Waals surface area (Å²) in [6.45, 7) is 7.42. The van der Waals surface area contributed by atoms with Gasteiger partial charge in [0.25, 0.3) is 0 Å². The fourth-order valence-corrected chi connectivity index (χ4v) is 3.19. The Balaban J connectivity index is 0.00000261. The zero-order chi connectivity index (χ0) is 18.4. The lowest BCUT2D eigenvalue weighted by Crippen LogP contribution is -2.19. The van der Waals surface area contributed by atoms with E-state index in [0.29, 0.717) is 12.3 Å². The molecule has 4 nitrogen and oxygen atoms in total. The summed E-state index contributed by atoms with van der Waals surface area (Å²) in [5.41, 5.74) is 4.55. The highest BCUT2D eigenvalue weighted by Gasteiger charge is 2.14. The van der Waals surface area contributed by atoms with Gasteiger partial charge in [0.2, 0.25) is 0 Å². The van der Waals surface area contributed by atoms with Gasteiger partial charge in [0, 0.05) is 12.1 Å². The van der Waals surface area contributed by atoms with E-state index in [1.165, 1.54) is 18.4 Å². The molecule has 0 atom stereocenters. The summed E-state index contributed by atoms with van der Waals surface area (Å²) >= 11 is 0. The van der Waals surface area contributed by atoms with Crippen LogP contribution in [0.25, 0.3) is 5.57 Å². The molecule has 3 rings (SSSR count). The predicted molar refractivity (Wildman–Crippen MR) is 111 cm³/mol. The van der Waals surface area contributed by atoms with Crippen molar-refractivity contribution >= 4 is 11.5 Å². The number of carbonyl (C=O) groups is 1. The van der Waals surface area contributed by atoms with Gasteiger partial charge in [0.15, 0.2) is 0 Å². The highest BCUT2D eigenvalue weighted by atomic mass is 16.5. The highest BCUT2D eigenvalue weighted by Crippen LogP contribution is 2.23. The van der Waals surface area contributed by atoms with Crippen LogP contribution in [0, 0.1) is 6.92 Å². The van der Waals surface area contributed by atoms with Gasteiger partial charge in [-0.2, -0.15) is 0 Å². The molecule has 0 amide bonds. The van der Waals surface area contributed by atoms with E-state index in [1.807, 2.05) is 12.1 Å². The number of hydrogen-bond donors (Lipinski definition) is 0. The molecule has 0 unspecified atom stereocenters. The normalized spacial score (nSPS) is 14.7. The molecular formula is C23H30N2O2. The van der Waals surface area contributed by atoms with Gasteiger partial charge in [0.05, 0.1) is 12.3 Å². The van der Waals surface area contributed by atoms with Crippen LogP contribution >= 0.6 is 0 Å². The molecule has 0 saturated carbocycles. The number of aryl methyl sites for hydroxylation is 1. The Hall–Kier alpha value is -2.46. The summed E-state index contributed by atoms with van der Waals surface area (Å²) in [6, 6.07) is 14.0. The number of hydrogen-bond acceptors (Lipinski definition) is 4. The van der Waals surface area contributed by atoms with Crippen LogP contribution in [0.2, 0.25) is 0 Å². The highest BCUT2D eigenvalue weighted by molar-refractivity contribution is 5.88. The summed E-state index contributed by atoms with van der Waals surface area (Å²) in [6.07, 6.45) is 4.77. The summed E-state index contributed by atoms with van der Waals surface area (Å²) in [5, 5.41) is 0. The Bertz CT molecular complexity index is 775. The minimum atomic E-state index is -0.378. The van der Waals surface area contributed by atoms with Crippen LogP contribution < -0.4 is 0 Å². The Morgan fingerprint density at radius 1 is 1.11 bits per heavy atom. The van der Waals surface area contributed by atoms with Crippen molar-refractivity contribution < 1.29 is 9.53 Å². The molecule has 0 radical (unpaired) electrons. The van der Waals surface area contributed by atoms with E-state index in [-0.39, 0.29) is 13.4 Å². The topological polar surface area (TPSA) is 42.4 Å². The smallest absolute Gasteiger partial charge is 0.356 e. The minimum Gasteiger partial charge on any atom is -0.461 e. The predicted octanol–water partition coefficient (Wildman–Crippen LogP) is 4.73. The maximum Gasteiger partial charge on any atom is 0.356 e. The van der Waals surface area contributed by atoms with E-state index in [9.17, 15) is 4.79 Å². The van der Waals surface area contributed by atoms with Crippen LogP contribution in [-0.4, -0.2) is 42.1 Å². The maximum absolute atomic E-state index is 12.1. The van der Waals surface area contributed by atoms with Gasteiger partial charge in [-0.3, -0.25) is 4.90 Å². The summed E-state index contributed by atoms with van der Waals surface area (Å²) in [7, 11) is 0. The van der Waals surface area contributed by atoms with Crippen molar-refractivity contribution in [3.8, 4) is 0 Å². The maximum atomic E-state index is 12.1. The van der Waals surface area contributed by atoms with E-state index in [4.69, 9.17) is 4.74 Å². The Morgan fingerprint density at radius 2 is 1.78 bits per heavy atom. The van der Waals surface area contributed by atoms with Crippen LogP contribution in [0.3, 0.4) is 0 Å². The molecule has 1 saturated heterocycles. The molecule has 144 valence electrons. The van der Waals surface area contributed by atoms with Gasteiger partial charge >= 0.3 is 5.97 Å². The molecule has 0 bridgehead atoms. The largest absolute Gasteiger partial charge is 0.461 e. The van der Waals surface area contributed by atoms with Gasteiger partial charge in [-0.1, -0.05) is 49.4 Å². The SMILES string of the molecule is C.CCOC(=O)c1cccc(/C(=C/CN2CCCC2)c2ccc(C)cc2)n1. The average Bonchev–Trinajstić information content (AvgIpc) is 3.17. The number of nitrogens with zero attached hydrogens (tertiary/aromatic N) is 2. The van der Waals surface area contributed by atoms with Crippen LogP contribution in [0.4, 0.5) is 0 Å². The van der Waals surface area contributed by atoms with Crippen LogP contribution in [0.1, 0.15) is 54.5 Å². The molecule has 27 heavy (non-hydrogen) atoms. The van der Waals surface area contributed by atoms with Gasteiger partial charge in [-0.15, -0.1) is 0 Å². The van der Waals surface area contributed by atoms with Crippen molar-refractivity contribution in [1.82, 2.24) is 9.88 Å². The molecule has 2 heterocycles. The lowest BCUT2D eigenvalue weighted by Gasteiger charge is -2.14. The monoisotopic (exact) mass is 366 g/mol. The minimum absolute atomic E-state index is 0. The lowest BCUT2D eigenvalue weighted by molar-refractivity contribution is 0.0519. The number of aromatic nitrogens is 1. The molecule has 4 heteroatoms. The fourth-order valence-electron chi connectivity index (χ4n) is 3.19. The van der Waals surface area contributed by atoms with E-state index in [2.05, 4.69) is 47.1 Å². The Labute approximate surface area is 162 Å². The van der Waals surface area contributed by atoms with Crippen LogP contribution in [0.5, 0.6) is 0 Å².